The van der Waals surface area contributed by atoms with E-state index in [0.29, 0.717) is 18.1 Å². The molecule has 1 aliphatic carbocycles. The average Bonchev–Trinajstić information content (AvgIpc) is 3.13. The Morgan fingerprint density at radius 2 is 1.73 bits per heavy atom. The number of carboxylic acids is 1. The van der Waals surface area contributed by atoms with E-state index in [1.54, 1.807) is 17.0 Å². The lowest BCUT2D eigenvalue weighted by Gasteiger charge is -2.47. The molecule has 30 heavy (non-hydrogen) atoms. The molecule has 0 aromatic heterocycles. The van der Waals surface area contributed by atoms with E-state index >= 15 is 0 Å². The first-order valence-electron chi connectivity index (χ1n) is 10.2. The van der Waals surface area contributed by atoms with Crippen LogP contribution in [-0.4, -0.2) is 40.6 Å². The molecule has 158 valence electrons. The van der Waals surface area contributed by atoms with Crippen molar-refractivity contribution in [1.29, 1.82) is 0 Å². The van der Waals surface area contributed by atoms with Crippen LogP contribution in [0.5, 0.6) is 0 Å². The molecule has 0 unspecified atom stereocenters. The van der Waals surface area contributed by atoms with Crippen molar-refractivity contribution < 1.29 is 14.7 Å². The minimum atomic E-state index is -0.976. The van der Waals surface area contributed by atoms with E-state index in [1.165, 1.54) is 12.1 Å². The first-order chi connectivity index (χ1) is 14.2. The third-order valence-corrected chi connectivity index (χ3v) is 6.94. The molecular formula is C23H26ClN3O3. The van der Waals surface area contributed by atoms with Gasteiger partial charge >= 0.3 is 12.0 Å². The molecule has 2 fully saturated rings. The minimum Gasteiger partial charge on any atom is -0.478 e. The highest BCUT2D eigenvalue weighted by molar-refractivity contribution is 6.30. The van der Waals surface area contributed by atoms with Gasteiger partial charge in [0.1, 0.15) is 0 Å². The number of anilines is 1. The molecule has 4 rings (SSSR count). The van der Waals surface area contributed by atoms with E-state index in [0.717, 1.165) is 36.9 Å². The third-order valence-electron chi connectivity index (χ3n) is 6.71. The Labute approximate surface area is 181 Å². The zero-order valence-electron chi connectivity index (χ0n) is 17.0. The number of carbonyl (C=O) groups excluding carboxylic acids is 1. The van der Waals surface area contributed by atoms with E-state index in [-0.39, 0.29) is 17.1 Å². The molecule has 1 saturated carbocycles. The Morgan fingerprint density at radius 1 is 1.07 bits per heavy atom. The molecule has 0 spiro atoms. The summed E-state index contributed by atoms with van der Waals surface area (Å²) in [5.41, 5.74) is 8.03. The van der Waals surface area contributed by atoms with Crippen LogP contribution in [0.1, 0.15) is 48.5 Å². The highest BCUT2D eigenvalue weighted by Gasteiger charge is 2.47. The van der Waals surface area contributed by atoms with E-state index in [1.807, 2.05) is 29.2 Å². The van der Waals surface area contributed by atoms with Gasteiger partial charge in [0.2, 0.25) is 0 Å². The van der Waals surface area contributed by atoms with Crippen LogP contribution in [0.2, 0.25) is 5.02 Å². The molecule has 0 atom stereocenters. The standard InChI is InChI=1S/C23H26ClN3O3/c1-22(9-11-23(25,12-10-22)17-3-2-4-18(24)15-17)27-14-13-26(21(27)30)19-7-5-16(6-8-19)20(28)29/h2-8,15H,9-14,25H2,1H3,(H,28,29). The van der Waals surface area contributed by atoms with Gasteiger partial charge in [-0.3, -0.25) is 4.90 Å². The van der Waals surface area contributed by atoms with Crippen LogP contribution in [0.25, 0.3) is 0 Å². The molecular weight excluding hydrogens is 402 g/mol. The summed E-state index contributed by atoms with van der Waals surface area (Å²) in [4.78, 5) is 27.9. The monoisotopic (exact) mass is 427 g/mol. The maximum absolute atomic E-state index is 13.2. The zero-order valence-corrected chi connectivity index (χ0v) is 17.7. The second-order valence-corrected chi connectivity index (χ2v) is 9.04. The van der Waals surface area contributed by atoms with Crippen LogP contribution in [0.3, 0.4) is 0 Å². The van der Waals surface area contributed by atoms with Gasteiger partial charge in [0, 0.05) is 34.9 Å². The smallest absolute Gasteiger partial charge is 0.335 e. The van der Waals surface area contributed by atoms with E-state index < -0.39 is 11.5 Å². The van der Waals surface area contributed by atoms with Crippen LogP contribution < -0.4 is 10.6 Å². The first kappa shape index (κ1) is 20.7. The molecule has 0 bridgehead atoms. The summed E-state index contributed by atoms with van der Waals surface area (Å²) in [5.74, 6) is -0.976. The maximum Gasteiger partial charge on any atom is 0.335 e. The third kappa shape index (κ3) is 3.66. The summed E-state index contributed by atoms with van der Waals surface area (Å²) in [6.07, 6.45) is 3.18. The average molecular weight is 428 g/mol. The summed E-state index contributed by atoms with van der Waals surface area (Å²) in [6, 6.07) is 14.2. The van der Waals surface area contributed by atoms with Crippen molar-refractivity contribution in [3.05, 3.63) is 64.7 Å². The number of urea groups is 1. The number of nitrogens with zero attached hydrogens (tertiary/aromatic N) is 2. The number of aromatic carboxylic acids is 1. The van der Waals surface area contributed by atoms with Crippen molar-refractivity contribution in [1.82, 2.24) is 4.90 Å². The highest BCUT2D eigenvalue weighted by Crippen LogP contribution is 2.44. The summed E-state index contributed by atoms with van der Waals surface area (Å²) in [6.45, 7) is 3.37. The van der Waals surface area contributed by atoms with Gasteiger partial charge in [-0.1, -0.05) is 23.7 Å². The molecule has 2 aliphatic rings. The number of hydrogen-bond acceptors (Lipinski definition) is 3. The summed E-state index contributed by atoms with van der Waals surface area (Å²) < 4.78 is 0. The van der Waals surface area contributed by atoms with Gasteiger partial charge in [-0.15, -0.1) is 0 Å². The number of amides is 2. The maximum atomic E-state index is 13.2. The minimum absolute atomic E-state index is 0.0344. The van der Waals surface area contributed by atoms with Gasteiger partial charge in [0.15, 0.2) is 0 Å². The fourth-order valence-corrected chi connectivity index (χ4v) is 4.84. The van der Waals surface area contributed by atoms with Crippen molar-refractivity contribution in [3.8, 4) is 0 Å². The van der Waals surface area contributed by atoms with E-state index in [2.05, 4.69) is 6.92 Å². The van der Waals surface area contributed by atoms with Crippen molar-refractivity contribution in [2.45, 2.75) is 43.7 Å². The number of carboxylic acid groups (broad SMARTS) is 1. The predicted molar refractivity (Wildman–Crippen MR) is 117 cm³/mol. The van der Waals surface area contributed by atoms with Crippen LogP contribution in [0.4, 0.5) is 10.5 Å². The SMILES string of the molecule is CC1(N2CCN(c3ccc(C(=O)O)cc3)C2=O)CCC(N)(c2cccc(Cl)c2)CC1. The van der Waals surface area contributed by atoms with Crippen molar-refractivity contribution in [2.75, 3.05) is 18.0 Å². The second kappa shape index (κ2) is 7.60. The fourth-order valence-electron chi connectivity index (χ4n) is 4.65. The predicted octanol–water partition coefficient (Wildman–Crippen LogP) is 4.47. The van der Waals surface area contributed by atoms with Crippen LogP contribution >= 0.6 is 11.6 Å². The van der Waals surface area contributed by atoms with Crippen LogP contribution in [0, 0.1) is 0 Å². The molecule has 2 aromatic rings. The molecule has 1 saturated heterocycles. The zero-order chi connectivity index (χ0) is 21.5. The number of benzene rings is 2. The fraction of sp³-hybridized carbons (Fsp3) is 0.391. The lowest BCUT2D eigenvalue weighted by atomic mass is 9.70. The Hall–Kier alpha value is -2.57. The topological polar surface area (TPSA) is 86.9 Å². The van der Waals surface area contributed by atoms with Crippen molar-refractivity contribution >= 4 is 29.3 Å². The summed E-state index contributed by atoms with van der Waals surface area (Å²) in [5, 5.41) is 9.76. The number of rotatable bonds is 4. The molecule has 3 N–H and O–H groups in total. The van der Waals surface area contributed by atoms with Crippen molar-refractivity contribution in [2.24, 2.45) is 5.73 Å². The number of carbonyl (C=O) groups is 2. The molecule has 6 nitrogen and oxygen atoms in total. The quantitative estimate of drug-likeness (QED) is 0.753. The number of hydrogen-bond donors (Lipinski definition) is 2. The lowest BCUT2D eigenvalue weighted by molar-refractivity contribution is 0.0697. The van der Waals surface area contributed by atoms with Crippen molar-refractivity contribution in [3.63, 3.8) is 0 Å². The number of nitrogens with two attached hydrogens (primary N) is 1. The normalized spacial score (nSPS) is 26.8. The van der Waals surface area contributed by atoms with E-state index in [4.69, 9.17) is 22.4 Å². The molecule has 1 heterocycles. The van der Waals surface area contributed by atoms with Crippen LogP contribution in [-0.2, 0) is 5.54 Å². The Kier molecular flexibility index (Phi) is 5.24. The van der Waals surface area contributed by atoms with Gasteiger partial charge in [-0.25, -0.2) is 9.59 Å². The molecule has 1 aliphatic heterocycles. The van der Waals surface area contributed by atoms with Gasteiger partial charge in [-0.2, -0.15) is 0 Å². The Balaban J connectivity index is 1.47. The molecule has 2 amide bonds. The largest absolute Gasteiger partial charge is 0.478 e. The highest BCUT2D eigenvalue weighted by atomic mass is 35.5. The molecule has 2 aromatic carbocycles. The van der Waals surface area contributed by atoms with Gasteiger partial charge < -0.3 is 15.7 Å². The summed E-state index contributed by atoms with van der Waals surface area (Å²) >= 11 is 6.16. The molecule has 0 radical (unpaired) electrons. The van der Waals surface area contributed by atoms with Gasteiger partial charge in [0.25, 0.3) is 0 Å². The van der Waals surface area contributed by atoms with E-state index in [9.17, 15) is 9.59 Å². The second-order valence-electron chi connectivity index (χ2n) is 8.60. The Bertz CT molecular complexity index is 968. The molecule has 7 heteroatoms. The van der Waals surface area contributed by atoms with Crippen LogP contribution in [0.15, 0.2) is 48.5 Å². The summed E-state index contributed by atoms with van der Waals surface area (Å²) in [7, 11) is 0. The van der Waals surface area contributed by atoms with Gasteiger partial charge in [-0.05, 0) is 74.6 Å². The number of halogens is 1. The first-order valence-corrected chi connectivity index (χ1v) is 10.6. The Morgan fingerprint density at radius 3 is 2.33 bits per heavy atom. The lowest BCUT2D eigenvalue weighted by Crippen LogP contribution is -2.54. The van der Waals surface area contributed by atoms with Gasteiger partial charge in [0.05, 0.1) is 5.56 Å².